The van der Waals surface area contributed by atoms with E-state index in [4.69, 9.17) is 4.74 Å². The second kappa shape index (κ2) is 11.0. The molecule has 0 aliphatic rings. The molecule has 0 aromatic heterocycles. The van der Waals surface area contributed by atoms with Gasteiger partial charge in [0.2, 0.25) is 0 Å². The van der Waals surface area contributed by atoms with Crippen LogP contribution in [0.2, 0.25) is 0 Å². The van der Waals surface area contributed by atoms with E-state index in [1.54, 1.807) is 14.2 Å². The Kier molecular flexibility index (Phi) is 9.34. The molecule has 0 aliphatic carbocycles. The first-order valence-electron chi connectivity index (χ1n) is 8.30. The van der Waals surface area contributed by atoms with Gasteiger partial charge in [-0.15, -0.1) is 24.0 Å². The van der Waals surface area contributed by atoms with Gasteiger partial charge in [-0.05, 0) is 24.1 Å². The summed E-state index contributed by atoms with van der Waals surface area (Å²) < 4.78 is 5.45. The van der Waals surface area contributed by atoms with Gasteiger partial charge in [-0.3, -0.25) is 4.99 Å². The monoisotopic (exact) mass is 453 g/mol. The van der Waals surface area contributed by atoms with Crippen LogP contribution in [0.3, 0.4) is 0 Å². The van der Waals surface area contributed by atoms with Crippen molar-refractivity contribution in [2.45, 2.75) is 25.8 Å². The summed E-state index contributed by atoms with van der Waals surface area (Å²) in [5.41, 5.74) is 2.43. The zero-order valence-electron chi connectivity index (χ0n) is 15.3. The number of hydrogen-bond acceptors (Lipinski definition) is 2. The Morgan fingerprint density at radius 3 is 2.32 bits per heavy atom. The van der Waals surface area contributed by atoms with Gasteiger partial charge in [0, 0.05) is 19.5 Å². The molecule has 136 valence electrons. The maximum atomic E-state index is 5.45. The van der Waals surface area contributed by atoms with E-state index in [0.29, 0.717) is 5.92 Å². The van der Waals surface area contributed by atoms with Crippen LogP contribution in [0.4, 0.5) is 0 Å². The third-order valence-corrected chi connectivity index (χ3v) is 4.12. The van der Waals surface area contributed by atoms with Crippen molar-refractivity contribution < 1.29 is 4.74 Å². The van der Waals surface area contributed by atoms with Crippen molar-refractivity contribution in [2.75, 3.05) is 20.7 Å². The number of methoxy groups -OCH3 is 1. The minimum Gasteiger partial charge on any atom is -0.496 e. The minimum atomic E-state index is 0. The average molecular weight is 453 g/mol. The van der Waals surface area contributed by atoms with E-state index in [-0.39, 0.29) is 30.0 Å². The molecule has 0 saturated carbocycles. The van der Waals surface area contributed by atoms with Crippen LogP contribution in [0.1, 0.15) is 36.9 Å². The zero-order valence-corrected chi connectivity index (χ0v) is 17.7. The smallest absolute Gasteiger partial charge is 0.191 e. The Hall–Kier alpha value is -1.76. The summed E-state index contributed by atoms with van der Waals surface area (Å²) in [5, 5.41) is 6.83. The highest BCUT2D eigenvalue weighted by molar-refractivity contribution is 14.0. The lowest BCUT2D eigenvalue weighted by Gasteiger charge is -2.21. The number of nitrogens with zero attached hydrogens (tertiary/aromatic N) is 1. The average Bonchev–Trinajstić information content (AvgIpc) is 2.65. The molecule has 5 heteroatoms. The Balaban J connectivity index is 0.00000312. The van der Waals surface area contributed by atoms with Gasteiger partial charge in [-0.2, -0.15) is 0 Å². The molecule has 0 bridgehead atoms. The molecule has 2 unspecified atom stereocenters. The van der Waals surface area contributed by atoms with E-state index < -0.39 is 0 Å². The number of aliphatic imine (C=N–C) groups is 1. The molecule has 4 nitrogen and oxygen atoms in total. The Labute approximate surface area is 168 Å². The molecule has 0 fully saturated rings. The highest BCUT2D eigenvalue weighted by Gasteiger charge is 2.12. The number of rotatable bonds is 6. The first kappa shape index (κ1) is 21.3. The molecule has 2 aromatic rings. The summed E-state index contributed by atoms with van der Waals surface area (Å²) >= 11 is 0. The number of benzene rings is 2. The molecule has 2 atom stereocenters. The Bertz CT molecular complexity index is 661. The van der Waals surface area contributed by atoms with Crippen molar-refractivity contribution in [3.05, 3.63) is 65.7 Å². The predicted molar refractivity (Wildman–Crippen MR) is 116 cm³/mol. The fraction of sp³-hybridized carbons (Fsp3) is 0.350. The normalized spacial score (nSPS) is 13.4. The molecule has 2 rings (SSSR count). The third kappa shape index (κ3) is 6.23. The fourth-order valence-corrected chi connectivity index (χ4v) is 2.66. The van der Waals surface area contributed by atoms with Crippen LogP contribution >= 0.6 is 24.0 Å². The SMILES string of the molecule is CN=C(NCC(C)c1ccccc1OC)NC(C)c1ccccc1.I. The van der Waals surface area contributed by atoms with Gasteiger partial charge in [0.25, 0.3) is 0 Å². The molecular weight excluding hydrogens is 425 g/mol. The topological polar surface area (TPSA) is 45.7 Å². The van der Waals surface area contributed by atoms with Crippen LogP contribution in [0.25, 0.3) is 0 Å². The van der Waals surface area contributed by atoms with Crippen molar-refractivity contribution in [3.8, 4) is 5.75 Å². The van der Waals surface area contributed by atoms with Gasteiger partial charge in [0.05, 0.1) is 13.2 Å². The first-order valence-corrected chi connectivity index (χ1v) is 8.30. The molecule has 0 spiro atoms. The second-order valence-corrected chi connectivity index (χ2v) is 5.87. The van der Waals surface area contributed by atoms with E-state index in [9.17, 15) is 0 Å². The van der Waals surface area contributed by atoms with Crippen molar-refractivity contribution in [3.63, 3.8) is 0 Å². The summed E-state index contributed by atoms with van der Waals surface area (Å²) in [5.74, 6) is 2.03. The van der Waals surface area contributed by atoms with Crippen LogP contribution in [0, 0.1) is 0 Å². The third-order valence-electron chi connectivity index (χ3n) is 4.12. The number of hydrogen-bond donors (Lipinski definition) is 2. The second-order valence-electron chi connectivity index (χ2n) is 5.87. The van der Waals surface area contributed by atoms with Crippen molar-refractivity contribution in [2.24, 2.45) is 4.99 Å². The summed E-state index contributed by atoms with van der Waals surface area (Å²) in [7, 11) is 3.50. The zero-order chi connectivity index (χ0) is 17.4. The van der Waals surface area contributed by atoms with Gasteiger partial charge in [0.1, 0.15) is 5.75 Å². The Morgan fingerprint density at radius 2 is 1.68 bits per heavy atom. The number of guanidine groups is 1. The maximum absolute atomic E-state index is 5.45. The quantitative estimate of drug-likeness (QED) is 0.389. The van der Waals surface area contributed by atoms with Crippen LogP contribution < -0.4 is 15.4 Å². The van der Waals surface area contributed by atoms with E-state index in [1.807, 2.05) is 36.4 Å². The van der Waals surface area contributed by atoms with Crippen LogP contribution in [0.5, 0.6) is 5.75 Å². The van der Waals surface area contributed by atoms with Crippen molar-refractivity contribution >= 4 is 29.9 Å². The summed E-state index contributed by atoms with van der Waals surface area (Å²) in [6.07, 6.45) is 0. The minimum absolute atomic E-state index is 0. The fourth-order valence-electron chi connectivity index (χ4n) is 2.66. The van der Waals surface area contributed by atoms with E-state index in [0.717, 1.165) is 18.3 Å². The molecular formula is C20H28IN3O. The standard InChI is InChI=1S/C20H27N3O.HI/c1-15(18-12-8-9-13-19(18)24-4)14-22-20(21-3)23-16(2)17-10-6-5-7-11-17;/h5-13,15-16H,14H2,1-4H3,(H2,21,22,23);1H. The Morgan fingerprint density at radius 1 is 1.04 bits per heavy atom. The lowest BCUT2D eigenvalue weighted by molar-refractivity contribution is 0.406. The maximum Gasteiger partial charge on any atom is 0.191 e. The van der Waals surface area contributed by atoms with Crippen molar-refractivity contribution in [1.82, 2.24) is 10.6 Å². The number of nitrogens with one attached hydrogen (secondary N) is 2. The molecule has 2 N–H and O–H groups in total. The first-order chi connectivity index (χ1) is 11.7. The molecule has 0 saturated heterocycles. The summed E-state index contributed by atoms with van der Waals surface area (Å²) in [4.78, 5) is 4.32. The lowest BCUT2D eigenvalue weighted by Crippen LogP contribution is -2.40. The molecule has 0 radical (unpaired) electrons. The molecule has 0 amide bonds. The molecule has 0 heterocycles. The molecule has 2 aromatic carbocycles. The van der Waals surface area contributed by atoms with E-state index >= 15 is 0 Å². The van der Waals surface area contributed by atoms with Crippen molar-refractivity contribution in [1.29, 1.82) is 0 Å². The van der Waals surface area contributed by atoms with Gasteiger partial charge in [-0.25, -0.2) is 0 Å². The number of halogens is 1. The number of ether oxygens (including phenoxy) is 1. The van der Waals surface area contributed by atoms with Gasteiger partial charge < -0.3 is 15.4 Å². The highest BCUT2D eigenvalue weighted by Crippen LogP contribution is 2.25. The summed E-state index contributed by atoms with van der Waals surface area (Å²) in [6.45, 7) is 5.09. The molecule has 25 heavy (non-hydrogen) atoms. The van der Waals surface area contributed by atoms with Gasteiger partial charge in [-0.1, -0.05) is 55.5 Å². The van der Waals surface area contributed by atoms with Gasteiger partial charge >= 0.3 is 0 Å². The van der Waals surface area contributed by atoms with E-state index in [2.05, 4.69) is 47.7 Å². The summed E-state index contributed by atoms with van der Waals surface area (Å²) in [6, 6.07) is 18.7. The lowest BCUT2D eigenvalue weighted by atomic mass is 10.0. The predicted octanol–water partition coefficient (Wildman–Crippen LogP) is 4.34. The van der Waals surface area contributed by atoms with Crippen LogP contribution in [0.15, 0.2) is 59.6 Å². The van der Waals surface area contributed by atoms with Gasteiger partial charge in [0.15, 0.2) is 5.96 Å². The molecule has 0 aliphatic heterocycles. The highest BCUT2D eigenvalue weighted by atomic mass is 127. The van der Waals surface area contributed by atoms with E-state index in [1.165, 1.54) is 11.1 Å². The van der Waals surface area contributed by atoms with Crippen LogP contribution in [-0.2, 0) is 0 Å². The largest absolute Gasteiger partial charge is 0.496 e. The van der Waals surface area contributed by atoms with Crippen LogP contribution in [-0.4, -0.2) is 26.7 Å². The number of para-hydroxylation sites is 1.